The third kappa shape index (κ3) is 2.97. The number of benzene rings is 1. The van der Waals surface area contributed by atoms with Gasteiger partial charge in [0.2, 0.25) is 0 Å². The molecule has 2 heterocycles. The highest BCUT2D eigenvalue weighted by molar-refractivity contribution is 6.06. The van der Waals surface area contributed by atoms with Crippen LogP contribution in [0.4, 0.5) is 5.69 Å². The van der Waals surface area contributed by atoms with Gasteiger partial charge >= 0.3 is 5.97 Å². The van der Waals surface area contributed by atoms with Crippen molar-refractivity contribution < 1.29 is 19.4 Å². The molecule has 1 atom stereocenters. The van der Waals surface area contributed by atoms with Crippen LogP contribution in [-0.2, 0) is 13.0 Å². The number of rotatable bonds is 4. The third-order valence-electron chi connectivity index (χ3n) is 4.27. The fourth-order valence-electron chi connectivity index (χ4n) is 2.90. The van der Waals surface area contributed by atoms with Crippen LogP contribution in [0.3, 0.4) is 0 Å². The first kappa shape index (κ1) is 16.0. The summed E-state index contributed by atoms with van der Waals surface area (Å²) in [4.78, 5) is 23.6. The summed E-state index contributed by atoms with van der Waals surface area (Å²) in [6, 6.07) is 4.34. The van der Waals surface area contributed by atoms with E-state index in [0.29, 0.717) is 22.9 Å². The van der Waals surface area contributed by atoms with Gasteiger partial charge in [0.1, 0.15) is 5.75 Å². The van der Waals surface area contributed by atoms with Crippen LogP contribution in [0.25, 0.3) is 0 Å². The molecule has 0 radical (unpaired) electrons. The molecule has 0 spiro atoms. The minimum Gasteiger partial charge on any atom is -0.495 e. The predicted molar refractivity (Wildman–Crippen MR) is 87.6 cm³/mol. The Morgan fingerprint density at radius 3 is 2.92 bits per heavy atom. The lowest BCUT2D eigenvalue weighted by Gasteiger charge is -2.20. The summed E-state index contributed by atoms with van der Waals surface area (Å²) in [5.41, 5.74) is 2.01. The van der Waals surface area contributed by atoms with Gasteiger partial charge < -0.3 is 15.2 Å². The molecule has 0 aliphatic carbocycles. The molecule has 1 aromatic carbocycles. The van der Waals surface area contributed by atoms with E-state index in [0.717, 1.165) is 25.1 Å². The summed E-state index contributed by atoms with van der Waals surface area (Å²) in [5, 5.41) is 16.1. The number of carbonyl (C=O) groups excluding carboxylic acids is 1. The molecule has 1 aromatic heterocycles. The summed E-state index contributed by atoms with van der Waals surface area (Å²) in [6.07, 6.45) is 3.46. The number of methoxy groups -OCH3 is 1. The standard InChI is InChI=1S/C17H19N3O4/c1-10-5-6-20-14(7-10)12(9-18-20)16(21)19-13-4-3-11(17(22)23)8-15(13)24-2/h3-4,8-10H,5-7H2,1-2H3,(H,19,21)(H,22,23). The number of hydrogen-bond acceptors (Lipinski definition) is 4. The van der Waals surface area contributed by atoms with Gasteiger partial charge in [0.25, 0.3) is 5.91 Å². The number of hydrogen-bond donors (Lipinski definition) is 2. The summed E-state index contributed by atoms with van der Waals surface area (Å²) in [6.45, 7) is 2.98. The fraction of sp³-hybridized carbons (Fsp3) is 0.353. The molecule has 0 saturated heterocycles. The maximum Gasteiger partial charge on any atom is 0.335 e. The van der Waals surface area contributed by atoms with Crippen molar-refractivity contribution in [2.24, 2.45) is 5.92 Å². The van der Waals surface area contributed by atoms with Gasteiger partial charge in [-0.1, -0.05) is 6.92 Å². The van der Waals surface area contributed by atoms with E-state index in [9.17, 15) is 9.59 Å². The Morgan fingerprint density at radius 2 is 2.21 bits per heavy atom. The van der Waals surface area contributed by atoms with Crippen LogP contribution in [0.5, 0.6) is 5.75 Å². The van der Waals surface area contributed by atoms with Crippen molar-refractivity contribution in [3.05, 3.63) is 41.2 Å². The Hall–Kier alpha value is -2.83. The Morgan fingerprint density at radius 1 is 1.42 bits per heavy atom. The van der Waals surface area contributed by atoms with Gasteiger partial charge in [-0.2, -0.15) is 5.10 Å². The van der Waals surface area contributed by atoms with Gasteiger partial charge in [0.15, 0.2) is 0 Å². The van der Waals surface area contributed by atoms with Crippen molar-refractivity contribution in [3.8, 4) is 5.75 Å². The van der Waals surface area contributed by atoms with Crippen molar-refractivity contribution in [2.75, 3.05) is 12.4 Å². The SMILES string of the molecule is COc1cc(C(=O)O)ccc1NC(=O)c1cnn2c1CC(C)CC2. The lowest BCUT2D eigenvalue weighted by Crippen LogP contribution is -2.21. The summed E-state index contributed by atoms with van der Waals surface area (Å²) >= 11 is 0. The number of carboxylic acid groups (broad SMARTS) is 1. The van der Waals surface area contributed by atoms with Crippen LogP contribution < -0.4 is 10.1 Å². The average molecular weight is 329 g/mol. The first-order valence-corrected chi connectivity index (χ1v) is 7.77. The third-order valence-corrected chi connectivity index (χ3v) is 4.27. The van der Waals surface area contributed by atoms with Crippen LogP contribution >= 0.6 is 0 Å². The van der Waals surface area contributed by atoms with Crippen molar-refractivity contribution >= 4 is 17.6 Å². The molecule has 126 valence electrons. The second-order valence-corrected chi connectivity index (χ2v) is 6.00. The highest BCUT2D eigenvalue weighted by atomic mass is 16.5. The summed E-state index contributed by atoms with van der Waals surface area (Å²) < 4.78 is 7.06. The van der Waals surface area contributed by atoms with Crippen LogP contribution in [0.2, 0.25) is 0 Å². The number of aromatic carboxylic acids is 1. The topological polar surface area (TPSA) is 93.4 Å². The van der Waals surface area contributed by atoms with Crippen LogP contribution in [-0.4, -0.2) is 33.9 Å². The first-order valence-electron chi connectivity index (χ1n) is 7.77. The largest absolute Gasteiger partial charge is 0.495 e. The molecule has 0 saturated carbocycles. The molecule has 1 aliphatic heterocycles. The maximum atomic E-state index is 12.6. The number of amides is 1. The zero-order chi connectivity index (χ0) is 17.3. The number of nitrogens with zero attached hydrogens (tertiary/aromatic N) is 2. The highest BCUT2D eigenvalue weighted by Gasteiger charge is 2.23. The van der Waals surface area contributed by atoms with E-state index >= 15 is 0 Å². The molecule has 2 aromatic rings. The molecule has 1 amide bonds. The van der Waals surface area contributed by atoms with Crippen molar-refractivity contribution in [3.63, 3.8) is 0 Å². The lowest BCUT2D eigenvalue weighted by molar-refractivity contribution is 0.0696. The molecule has 24 heavy (non-hydrogen) atoms. The quantitative estimate of drug-likeness (QED) is 0.898. The number of nitrogens with one attached hydrogen (secondary N) is 1. The van der Waals surface area contributed by atoms with Crippen LogP contribution in [0, 0.1) is 5.92 Å². The fourth-order valence-corrected chi connectivity index (χ4v) is 2.90. The Balaban J connectivity index is 1.86. The summed E-state index contributed by atoms with van der Waals surface area (Å²) in [7, 11) is 1.43. The van der Waals surface area contributed by atoms with E-state index in [-0.39, 0.29) is 11.5 Å². The molecule has 7 nitrogen and oxygen atoms in total. The van der Waals surface area contributed by atoms with Crippen molar-refractivity contribution in [1.82, 2.24) is 9.78 Å². The summed E-state index contributed by atoms with van der Waals surface area (Å²) in [5.74, 6) is -0.500. The van der Waals surface area contributed by atoms with E-state index in [1.165, 1.54) is 25.3 Å². The minimum atomic E-state index is -1.05. The molecular formula is C17H19N3O4. The Kier molecular flexibility index (Phi) is 4.24. The van der Waals surface area contributed by atoms with Gasteiger partial charge in [0, 0.05) is 6.54 Å². The van der Waals surface area contributed by atoms with Crippen LogP contribution in [0.15, 0.2) is 24.4 Å². The molecule has 0 fully saturated rings. The van der Waals surface area contributed by atoms with Gasteiger partial charge in [-0.3, -0.25) is 9.48 Å². The predicted octanol–water partition coefficient (Wildman–Crippen LogP) is 2.42. The van der Waals surface area contributed by atoms with E-state index in [1.807, 2.05) is 4.68 Å². The normalized spacial score (nSPS) is 16.3. The van der Waals surface area contributed by atoms with Crippen molar-refractivity contribution in [2.45, 2.75) is 26.3 Å². The number of aromatic nitrogens is 2. The van der Waals surface area contributed by atoms with E-state index < -0.39 is 5.97 Å². The first-order chi connectivity index (χ1) is 11.5. The zero-order valence-corrected chi connectivity index (χ0v) is 13.6. The van der Waals surface area contributed by atoms with Crippen LogP contribution in [0.1, 0.15) is 39.8 Å². The van der Waals surface area contributed by atoms with E-state index in [4.69, 9.17) is 9.84 Å². The molecule has 2 N–H and O–H groups in total. The van der Waals surface area contributed by atoms with Crippen molar-refractivity contribution in [1.29, 1.82) is 0 Å². The van der Waals surface area contributed by atoms with Gasteiger partial charge in [-0.15, -0.1) is 0 Å². The molecule has 1 unspecified atom stereocenters. The zero-order valence-electron chi connectivity index (χ0n) is 13.6. The van der Waals surface area contributed by atoms with Gasteiger partial charge in [-0.25, -0.2) is 4.79 Å². The second-order valence-electron chi connectivity index (χ2n) is 6.00. The molecule has 3 rings (SSSR count). The number of carbonyl (C=O) groups is 2. The molecule has 0 bridgehead atoms. The average Bonchev–Trinajstić information content (AvgIpc) is 2.98. The van der Waals surface area contributed by atoms with Gasteiger partial charge in [0.05, 0.1) is 35.8 Å². The Bertz CT molecular complexity index is 797. The highest BCUT2D eigenvalue weighted by Crippen LogP contribution is 2.28. The number of fused-ring (bicyclic) bond motifs is 1. The number of aryl methyl sites for hydroxylation is 1. The molecule has 7 heteroatoms. The second kappa shape index (κ2) is 6.35. The van der Waals surface area contributed by atoms with E-state index in [2.05, 4.69) is 17.3 Å². The smallest absolute Gasteiger partial charge is 0.335 e. The number of ether oxygens (including phenoxy) is 1. The molecular weight excluding hydrogens is 310 g/mol. The number of anilines is 1. The maximum absolute atomic E-state index is 12.6. The monoisotopic (exact) mass is 329 g/mol. The Labute approximate surface area is 139 Å². The van der Waals surface area contributed by atoms with Gasteiger partial charge in [-0.05, 0) is 37.0 Å². The number of carboxylic acids is 1. The molecule has 1 aliphatic rings. The lowest BCUT2D eigenvalue weighted by atomic mass is 9.96. The van der Waals surface area contributed by atoms with E-state index in [1.54, 1.807) is 6.20 Å². The minimum absolute atomic E-state index is 0.0987.